The van der Waals surface area contributed by atoms with E-state index in [2.05, 4.69) is 4.74 Å². The third kappa shape index (κ3) is 5.86. The van der Waals surface area contributed by atoms with Gasteiger partial charge in [-0.15, -0.1) is 13.2 Å². The summed E-state index contributed by atoms with van der Waals surface area (Å²) in [5, 5.41) is 0. The molecule has 142 valence electrons. The Labute approximate surface area is 145 Å². The number of ether oxygens (including phenoxy) is 2. The summed E-state index contributed by atoms with van der Waals surface area (Å²) >= 11 is 0. The first-order valence-electron chi connectivity index (χ1n) is 8.05. The van der Waals surface area contributed by atoms with Gasteiger partial charge in [-0.3, -0.25) is 0 Å². The molecule has 0 N–H and O–H groups in total. The largest absolute Gasteiger partial charge is 0.573 e. The molecule has 1 heterocycles. The van der Waals surface area contributed by atoms with Gasteiger partial charge in [0.15, 0.2) is 0 Å². The Bertz CT molecular complexity index is 651. The summed E-state index contributed by atoms with van der Waals surface area (Å²) in [5.74, 6) is -0.0357. The molecule has 0 unspecified atom stereocenters. The molecule has 1 aliphatic rings. The van der Waals surface area contributed by atoms with Gasteiger partial charge < -0.3 is 9.47 Å². The van der Waals surface area contributed by atoms with E-state index in [-0.39, 0.29) is 11.0 Å². The molecule has 0 aromatic heterocycles. The summed E-state index contributed by atoms with van der Waals surface area (Å²) in [5.41, 5.74) is 0. The third-order valence-electron chi connectivity index (χ3n) is 3.76. The van der Waals surface area contributed by atoms with E-state index in [9.17, 15) is 21.6 Å². The van der Waals surface area contributed by atoms with E-state index in [1.807, 2.05) is 13.8 Å². The third-order valence-corrected chi connectivity index (χ3v) is 5.67. The van der Waals surface area contributed by atoms with Gasteiger partial charge in [-0.2, -0.15) is 4.31 Å². The predicted molar refractivity (Wildman–Crippen MR) is 85.7 cm³/mol. The van der Waals surface area contributed by atoms with Crippen molar-refractivity contribution in [2.75, 3.05) is 19.7 Å². The van der Waals surface area contributed by atoms with Crippen molar-refractivity contribution in [1.82, 2.24) is 4.31 Å². The molecule has 0 spiro atoms. The fourth-order valence-corrected chi connectivity index (χ4v) is 4.00. The minimum atomic E-state index is -4.81. The van der Waals surface area contributed by atoms with Crippen LogP contribution in [0.25, 0.3) is 0 Å². The minimum Gasteiger partial charge on any atom is -0.406 e. The highest BCUT2D eigenvalue weighted by Crippen LogP contribution is 2.26. The molecule has 0 bridgehead atoms. The number of hydrogen-bond donors (Lipinski definition) is 0. The Morgan fingerprint density at radius 2 is 1.72 bits per heavy atom. The van der Waals surface area contributed by atoms with Crippen molar-refractivity contribution >= 4 is 10.0 Å². The van der Waals surface area contributed by atoms with E-state index < -0.39 is 22.1 Å². The monoisotopic (exact) mass is 381 g/mol. The number of hydrogen-bond acceptors (Lipinski definition) is 4. The number of halogens is 3. The highest BCUT2D eigenvalue weighted by atomic mass is 32.2. The summed E-state index contributed by atoms with van der Waals surface area (Å²) in [6.45, 7) is 5.38. The van der Waals surface area contributed by atoms with E-state index in [0.29, 0.717) is 38.5 Å². The minimum absolute atomic E-state index is 0.0383. The van der Waals surface area contributed by atoms with Crippen molar-refractivity contribution in [1.29, 1.82) is 0 Å². The fourth-order valence-electron chi connectivity index (χ4n) is 2.53. The van der Waals surface area contributed by atoms with E-state index >= 15 is 0 Å². The van der Waals surface area contributed by atoms with Crippen LogP contribution in [0.4, 0.5) is 13.2 Å². The number of sulfonamides is 1. The molecule has 0 aliphatic carbocycles. The number of nitrogens with zero attached hydrogens (tertiary/aromatic N) is 1. The second-order valence-electron chi connectivity index (χ2n) is 6.35. The van der Waals surface area contributed by atoms with Crippen LogP contribution in [0.5, 0.6) is 5.75 Å². The molecule has 25 heavy (non-hydrogen) atoms. The van der Waals surface area contributed by atoms with E-state index in [1.54, 1.807) is 0 Å². The van der Waals surface area contributed by atoms with Gasteiger partial charge >= 0.3 is 6.36 Å². The number of rotatable bonds is 6. The first-order valence-corrected chi connectivity index (χ1v) is 9.49. The van der Waals surface area contributed by atoms with Gasteiger partial charge in [0.05, 0.1) is 11.0 Å². The standard InChI is InChI=1S/C16H22F3NO4S/c1-12(2)11-23-13-7-9-20(10-8-13)25(21,22)15-5-3-14(4-6-15)24-16(17,18)19/h3-6,12-13H,7-11H2,1-2H3. The lowest BCUT2D eigenvalue weighted by molar-refractivity contribution is -0.274. The van der Waals surface area contributed by atoms with E-state index in [1.165, 1.54) is 4.31 Å². The second kappa shape index (κ2) is 7.92. The first-order chi connectivity index (χ1) is 11.6. The smallest absolute Gasteiger partial charge is 0.406 e. The molecular formula is C16H22F3NO4S. The molecule has 0 radical (unpaired) electrons. The summed E-state index contributed by atoms with van der Waals surface area (Å²) < 4.78 is 72.4. The van der Waals surface area contributed by atoms with Crippen LogP contribution in [0.2, 0.25) is 0 Å². The highest BCUT2D eigenvalue weighted by Gasteiger charge is 2.32. The quantitative estimate of drug-likeness (QED) is 0.758. The van der Waals surface area contributed by atoms with Crippen LogP contribution in [0.15, 0.2) is 29.2 Å². The Balaban J connectivity index is 1.98. The Morgan fingerprint density at radius 3 is 2.20 bits per heavy atom. The average molecular weight is 381 g/mol. The van der Waals surface area contributed by atoms with Gasteiger partial charge in [0.25, 0.3) is 0 Å². The average Bonchev–Trinajstić information content (AvgIpc) is 2.52. The number of piperidine rings is 1. The van der Waals surface area contributed by atoms with Crippen molar-refractivity contribution in [2.45, 2.75) is 44.1 Å². The lowest BCUT2D eigenvalue weighted by Gasteiger charge is -2.31. The number of alkyl halides is 3. The van der Waals surface area contributed by atoms with Gasteiger partial charge in [-0.25, -0.2) is 8.42 Å². The molecule has 1 aromatic carbocycles. The summed E-state index contributed by atoms with van der Waals surface area (Å²) in [6, 6.07) is 4.24. The molecule has 9 heteroatoms. The first kappa shape index (κ1) is 20.0. The van der Waals surface area contributed by atoms with Gasteiger partial charge in [0, 0.05) is 19.7 Å². The molecule has 1 fully saturated rings. The summed E-state index contributed by atoms with van der Waals surface area (Å²) in [7, 11) is -3.74. The lowest BCUT2D eigenvalue weighted by Crippen LogP contribution is -2.41. The molecule has 5 nitrogen and oxygen atoms in total. The molecule has 2 rings (SSSR count). The molecule has 1 aliphatic heterocycles. The zero-order valence-corrected chi connectivity index (χ0v) is 14.9. The Hall–Kier alpha value is -1.32. The Morgan fingerprint density at radius 1 is 1.16 bits per heavy atom. The summed E-state index contributed by atoms with van der Waals surface area (Å²) in [6.07, 6.45) is -3.57. The lowest BCUT2D eigenvalue weighted by atomic mass is 10.1. The number of benzene rings is 1. The topological polar surface area (TPSA) is 55.8 Å². The van der Waals surface area contributed by atoms with Crippen molar-refractivity contribution in [3.05, 3.63) is 24.3 Å². The normalized spacial score (nSPS) is 17.8. The van der Waals surface area contributed by atoms with Crippen molar-refractivity contribution in [2.24, 2.45) is 5.92 Å². The maximum Gasteiger partial charge on any atom is 0.573 e. The van der Waals surface area contributed by atoms with Crippen LogP contribution in [0.3, 0.4) is 0 Å². The van der Waals surface area contributed by atoms with Crippen LogP contribution >= 0.6 is 0 Å². The van der Waals surface area contributed by atoms with Crippen LogP contribution in [0.1, 0.15) is 26.7 Å². The molecule has 0 amide bonds. The summed E-state index contributed by atoms with van der Waals surface area (Å²) in [4.78, 5) is -0.0522. The SMILES string of the molecule is CC(C)COC1CCN(S(=O)(=O)c2ccc(OC(F)(F)F)cc2)CC1. The molecule has 1 aromatic rings. The van der Waals surface area contributed by atoms with Crippen molar-refractivity contribution < 1.29 is 31.1 Å². The van der Waals surface area contributed by atoms with E-state index in [4.69, 9.17) is 4.74 Å². The highest BCUT2D eigenvalue weighted by molar-refractivity contribution is 7.89. The molecule has 0 atom stereocenters. The molecular weight excluding hydrogens is 359 g/mol. The maximum atomic E-state index is 12.6. The van der Waals surface area contributed by atoms with Crippen LogP contribution in [-0.4, -0.2) is 44.9 Å². The van der Waals surface area contributed by atoms with Crippen LogP contribution < -0.4 is 4.74 Å². The zero-order chi connectivity index (χ0) is 18.7. The van der Waals surface area contributed by atoms with Gasteiger partial charge in [-0.1, -0.05) is 13.8 Å². The van der Waals surface area contributed by atoms with Crippen molar-refractivity contribution in [3.8, 4) is 5.75 Å². The van der Waals surface area contributed by atoms with E-state index in [0.717, 1.165) is 24.3 Å². The van der Waals surface area contributed by atoms with Crippen molar-refractivity contribution in [3.63, 3.8) is 0 Å². The van der Waals surface area contributed by atoms with Crippen LogP contribution in [0, 0.1) is 5.92 Å². The van der Waals surface area contributed by atoms with Gasteiger partial charge in [0.1, 0.15) is 5.75 Å². The fraction of sp³-hybridized carbons (Fsp3) is 0.625. The zero-order valence-electron chi connectivity index (χ0n) is 14.1. The van der Waals surface area contributed by atoms with Gasteiger partial charge in [0.2, 0.25) is 10.0 Å². The predicted octanol–water partition coefficient (Wildman–Crippen LogP) is 3.41. The Kier molecular flexibility index (Phi) is 6.34. The maximum absolute atomic E-state index is 12.6. The van der Waals surface area contributed by atoms with Crippen LogP contribution in [-0.2, 0) is 14.8 Å². The molecule has 0 saturated carbocycles. The second-order valence-corrected chi connectivity index (χ2v) is 8.29. The molecule has 1 saturated heterocycles. The van der Waals surface area contributed by atoms with Gasteiger partial charge in [-0.05, 0) is 43.0 Å².